The van der Waals surface area contributed by atoms with E-state index in [0.717, 1.165) is 0 Å². The van der Waals surface area contributed by atoms with Gasteiger partial charge >= 0.3 is 107 Å². The van der Waals surface area contributed by atoms with Gasteiger partial charge in [0.15, 0.2) is 0 Å². The molecular weight excluding hydrogens is 334 g/mol. The van der Waals surface area contributed by atoms with Crippen LogP contribution in [0.4, 0.5) is 0 Å². The third-order valence-electron chi connectivity index (χ3n) is 2.43. The Labute approximate surface area is 107 Å². The van der Waals surface area contributed by atoms with E-state index >= 15 is 0 Å². The molecule has 0 radical (unpaired) electrons. The van der Waals surface area contributed by atoms with E-state index in [1.54, 1.807) is 0 Å². The second-order valence-electron chi connectivity index (χ2n) is 3.77. The van der Waals surface area contributed by atoms with Gasteiger partial charge in [0, 0.05) is 0 Å². The molecule has 4 nitrogen and oxygen atoms in total. The third-order valence-corrected chi connectivity index (χ3v) is 9.80. The van der Waals surface area contributed by atoms with Gasteiger partial charge in [0.2, 0.25) is 0 Å². The molecule has 16 heavy (non-hydrogen) atoms. The fraction of sp³-hybridized carbons (Fsp3) is 0.400. The molecular formula is C10H16N4Se2+2. The molecule has 0 bridgehead atoms. The Morgan fingerprint density at radius 1 is 0.875 bits per heavy atom. The number of aryl methyl sites for hydroxylation is 4. The zero-order chi connectivity index (χ0) is 11.7. The molecule has 0 aliphatic heterocycles. The minimum absolute atomic E-state index is 0.532. The quantitative estimate of drug-likeness (QED) is 0.423. The van der Waals surface area contributed by atoms with E-state index in [-0.39, 0.29) is 0 Å². The molecule has 86 valence electrons. The maximum atomic E-state index is 2.23. The summed E-state index contributed by atoms with van der Waals surface area (Å²) in [5.74, 6) is 0. The molecule has 2 aromatic heterocycles. The molecule has 0 aliphatic carbocycles. The van der Waals surface area contributed by atoms with Crippen LogP contribution in [0, 0.1) is 0 Å². The molecule has 2 aromatic rings. The van der Waals surface area contributed by atoms with Gasteiger partial charge in [-0.05, 0) is 0 Å². The zero-order valence-electron chi connectivity index (χ0n) is 9.91. The SMILES string of the molecule is Cn1cc[n+](C)c1[Se][Se]c1n(C)cc[n+]1C. The van der Waals surface area contributed by atoms with Crippen LogP contribution in [0.5, 0.6) is 0 Å². The minimum atomic E-state index is 0.532. The summed E-state index contributed by atoms with van der Waals surface area (Å²) in [4.78, 5) is 0. The molecule has 0 saturated carbocycles. The summed E-state index contributed by atoms with van der Waals surface area (Å²) in [6.45, 7) is 0. The fourth-order valence-corrected chi connectivity index (χ4v) is 10.0. The topological polar surface area (TPSA) is 17.6 Å². The van der Waals surface area contributed by atoms with Crippen molar-refractivity contribution in [2.45, 2.75) is 0 Å². The number of rotatable bonds is 3. The normalized spacial score (nSPS) is 11.0. The van der Waals surface area contributed by atoms with Gasteiger partial charge in [-0.1, -0.05) is 0 Å². The van der Waals surface area contributed by atoms with E-state index in [1.807, 2.05) is 0 Å². The van der Waals surface area contributed by atoms with E-state index in [9.17, 15) is 0 Å². The summed E-state index contributed by atoms with van der Waals surface area (Å²) in [5, 5.41) is 0. The third kappa shape index (κ3) is 2.25. The molecule has 0 aromatic carbocycles. The van der Waals surface area contributed by atoms with Gasteiger partial charge < -0.3 is 0 Å². The van der Waals surface area contributed by atoms with Crippen LogP contribution in [0.3, 0.4) is 0 Å². The van der Waals surface area contributed by atoms with Crippen LogP contribution in [-0.4, -0.2) is 35.4 Å². The Morgan fingerprint density at radius 3 is 1.50 bits per heavy atom. The first kappa shape index (κ1) is 11.9. The number of aromatic nitrogens is 4. The molecule has 0 fully saturated rings. The van der Waals surface area contributed by atoms with E-state index in [0.29, 0.717) is 26.3 Å². The number of hydrogen-bond donors (Lipinski definition) is 0. The average molecular weight is 350 g/mol. The van der Waals surface area contributed by atoms with Gasteiger partial charge in [0.25, 0.3) is 0 Å². The first-order valence-corrected chi connectivity index (χ1v) is 11.0. The van der Waals surface area contributed by atoms with Gasteiger partial charge in [-0.25, -0.2) is 0 Å². The fourth-order valence-electron chi connectivity index (χ4n) is 1.46. The predicted octanol–water partition coefficient (Wildman–Crippen LogP) is -2.71. The Kier molecular flexibility index (Phi) is 3.55. The van der Waals surface area contributed by atoms with Crippen molar-refractivity contribution in [3.63, 3.8) is 0 Å². The van der Waals surface area contributed by atoms with Gasteiger partial charge in [0.1, 0.15) is 0 Å². The van der Waals surface area contributed by atoms with E-state index in [1.165, 1.54) is 9.45 Å². The van der Waals surface area contributed by atoms with Crippen LogP contribution in [-0.2, 0) is 28.2 Å². The van der Waals surface area contributed by atoms with Gasteiger partial charge in [-0.2, -0.15) is 0 Å². The van der Waals surface area contributed by atoms with Crippen LogP contribution < -0.4 is 18.6 Å². The molecule has 0 atom stereocenters. The number of imidazole rings is 2. The Morgan fingerprint density at radius 2 is 1.25 bits per heavy atom. The summed E-state index contributed by atoms with van der Waals surface area (Å²) in [5.41, 5.74) is 0. The second-order valence-corrected chi connectivity index (χ2v) is 9.64. The van der Waals surface area contributed by atoms with Crippen molar-refractivity contribution in [1.82, 2.24) is 9.13 Å². The Hall–Kier alpha value is -0.541. The summed E-state index contributed by atoms with van der Waals surface area (Å²) in [7, 11) is 8.49. The molecule has 0 spiro atoms. The van der Waals surface area contributed by atoms with Crippen LogP contribution in [0.2, 0.25) is 0 Å². The van der Waals surface area contributed by atoms with Crippen LogP contribution in [0.15, 0.2) is 24.8 Å². The first-order chi connectivity index (χ1) is 7.59. The van der Waals surface area contributed by atoms with Gasteiger partial charge in [-0.15, -0.1) is 0 Å². The van der Waals surface area contributed by atoms with E-state index in [4.69, 9.17) is 0 Å². The van der Waals surface area contributed by atoms with Crippen molar-refractivity contribution in [3.8, 4) is 0 Å². The first-order valence-electron chi connectivity index (χ1n) is 4.96. The van der Waals surface area contributed by atoms with Crippen molar-refractivity contribution in [3.05, 3.63) is 24.8 Å². The second kappa shape index (κ2) is 4.76. The summed E-state index contributed by atoms with van der Waals surface area (Å²) < 4.78 is 11.8. The summed E-state index contributed by atoms with van der Waals surface area (Å²) in [6.07, 6.45) is 8.49. The van der Waals surface area contributed by atoms with Crippen LogP contribution in [0.1, 0.15) is 0 Å². The van der Waals surface area contributed by atoms with E-state index in [2.05, 4.69) is 71.2 Å². The van der Waals surface area contributed by atoms with Crippen molar-refractivity contribution >= 4 is 35.7 Å². The Balaban J connectivity index is 2.14. The van der Waals surface area contributed by atoms with Gasteiger partial charge in [0.05, 0.1) is 0 Å². The van der Waals surface area contributed by atoms with Crippen molar-refractivity contribution < 1.29 is 9.13 Å². The zero-order valence-corrected chi connectivity index (χ0v) is 13.3. The molecule has 0 aliphatic rings. The molecule has 6 heteroatoms. The van der Waals surface area contributed by atoms with Crippen molar-refractivity contribution in [2.75, 3.05) is 0 Å². The standard InChI is InChI=1S/C10H16N4Se2/c1-11-5-6-12(2)9(11)15-16-10-13(3)7-8-14(10)4/h5-8H,1-4H3/q+2. The molecule has 2 rings (SSSR count). The van der Waals surface area contributed by atoms with Crippen LogP contribution in [0.25, 0.3) is 0 Å². The summed E-state index contributed by atoms with van der Waals surface area (Å²) in [6, 6.07) is 0. The van der Waals surface area contributed by atoms with Crippen molar-refractivity contribution in [2.24, 2.45) is 28.2 Å². The molecule has 0 N–H and O–H groups in total. The maximum absolute atomic E-state index is 2.23. The van der Waals surface area contributed by atoms with Crippen LogP contribution >= 0.6 is 0 Å². The van der Waals surface area contributed by atoms with Gasteiger partial charge in [-0.3, -0.25) is 0 Å². The van der Waals surface area contributed by atoms with Crippen molar-refractivity contribution in [1.29, 1.82) is 0 Å². The molecule has 0 unspecified atom stereocenters. The summed E-state index contributed by atoms with van der Waals surface area (Å²) >= 11 is 1.06. The average Bonchev–Trinajstić information content (AvgIpc) is 2.72. The number of nitrogens with zero attached hydrogens (tertiary/aromatic N) is 4. The monoisotopic (exact) mass is 352 g/mol. The molecule has 2 heterocycles. The molecule has 0 saturated heterocycles. The Bertz CT molecular complexity index is 416. The number of hydrogen-bond acceptors (Lipinski definition) is 0. The predicted molar refractivity (Wildman–Crippen MR) is 64.0 cm³/mol. The van der Waals surface area contributed by atoms with E-state index < -0.39 is 0 Å². The molecule has 0 amide bonds.